The normalized spacial score (nSPS) is 19.3. The largest absolute Gasteiger partial charge is 0.365 e. The third kappa shape index (κ3) is 2.92. The summed E-state index contributed by atoms with van der Waals surface area (Å²) in [5.41, 5.74) is 0. The van der Waals surface area contributed by atoms with Gasteiger partial charge in [-0.1, -0.05) is 6.92 Å². The first-order chi connectivity index (χ1) is 7.28. The van der Waals surface area contributed by atoms with Crippen LogP contribution >= 0.6 is 11.3 Å². The van der Waals surface area contributed by atoms with Gasteiger partial charge in [-0.15, -0.1) is 11.3 Å². The summed E-state index contributed by atoms with van der Waals surface area (Å²) in [7, 11) is 1.92. The minimum Gasteiger partial charge on any atom is -0.365 e. The van der Waals surface area contributed by atoms with E-state index in [0.717, 1.165) is 17.6 Å². The van der Waals surface area contributed by atoms with E-state index in [0.29, 0.717) is 0 Å². The van der Waals surface area contributed by atoms with Crippen molar-refractivity contribution in [3.05, 3.63) is 11.1 Å². The van der Waals surface area contributed by atoms with Crippen LogP contribution in [0, 0.1) is 5.92 Å². The molecular formula is C11H19N3S. The van der Waals surface area contributed by atoms with Gasteiger partial charge in [-0.25, -0.2) is 4.98 Å². The smallest absolute Gasteiger partial charge is 0.182 e. The highest BCUT2D eigenvalue weighted by molar-refractivity contribution is 7.15. The first-order valence-electron chi connectivity index (χ1n) is 5.62. The topological polar surface area (TPSA) is 28.2 Å². The van der Waals surface area contributed by atoms with Gasteiger partial charge in [0.25, 0.3) is 0 Å². The molecule has 0 aliphatic carbocycles. The first kappa shape index (κ1) is 10.9. The van der Waals surface area contributed by atoms with Gasteiger partial charge in [-0.05, 0) is 31.8 Å². The van der Waals surface area contributed by atoms with E-state index in [9.17, 15) is 0 Å². The van der Waals surface area contributed by atoms with Crippen LogP contribution in [0.3, 0.4) is 0 Å². The van der Waals surface area contributed by atoms with Crippen LogP contribution in [0.2, 0.25) is 0 Å². The van der Waals surface area contributed by atoms with Gasteiger partial charge in [0.05, 0.1) is 0 Å². The maximum absolute atomic E-state index is 4.30. The molecule has 0 saturated carbocycles. The SMILES string of the molecule is CNc1ncc(CN2CCC(C)CC2)s1. The summed E-state index contributed by atoms with van der Waals surface area (Å²) in [4.78, 5) is 8.20. The molecular weight excluding hydrogens is 206 g/mol. The number of hydrogen-bond donors (Lipinski definition) is 1. The number of likely N-dealkylation sites (tertiary alicyclic amines) is 1. The molecule has 4 heteroatoms. The summed E-state index contributed by atoms with van der Waals surface area (Å²) in [6.07, 6.45) is 4.68. The lowest BCUT2D eigenvalue weighted by Crippen LogP contribution is -2.32. The van der Waals surface area contributed by atoms with Crippen molar-refractivity contribution in [2.45, 2.75) is 26.3 Å². The van der Waals surface area contributed by atoms with Crippen LogP contribution in [0.5, 0.6) is 0 Å². The Morgan fingerprint density at radius 1 is 1.53 bits per heavy atom. The van der Waals surface area contributed by atoms with Crippen LogP contribution in [0.25, 0.3) is 0 Å². The Balaban J connectivity index is 1.86. The zero-order valence-electron chi connectivity index (χ0n) is 9.49. The average Bonchev–Trinajstić information content (AvgIpc) is 2.69. The van der Waals surface area contributed by atoms with E-state index in [1.807, 2.05) is 13.2 Å². The number of anilines is 1. The number of thiazole rings is 1. The summed E-state index contributed by atoms with van der Waals surface area (Å²) < 4.78 is 0. The molecule has 0 radical (unpaired) electrons. The Morgan fingerprint density at radius 2 is 2.27 bits per heavy atom. The second-order valence-corrected chi connectivity index (χ2v) is 5.46. The van der Waals surface area contributed by atoms with Crippen LogP contribution in [-0.2, 0) is 6.54 Å². The Labute approximate surface area is 95.5 Å². The predicted octanol–water partition coefficient (Wildman–Crippen LogP) is 2.42. The summed E-state index contributed by atoms with van der Waals surface area (Å²) in [5, 5.41) is 4.10. The Bertz CT molecular complexity index is 303. The first-order valence-corrected chi connectivity index (χ1v) is 6.44. The van der Waals surface area contributed by atoms with Gasteiger partial charge in [0.15, 0.2) is 5.13 Å². The summed E-state index contributed by atoms with van der Waals surface area (Å²) in [6.45, 7) is 5.91. The summed E-state index contributed by atoms with van der Waals surface area (Å²) >= 11 is 1.76. The van der Waals surface area contributed by atoms with E-state index in [1.165, 1.54) is 30.8 Å². The highest BCUT2D eigenvalue weighted by Crippen LogP contribution is 2.22. The van der Waals surface area contributed by atoms with Crippen molar-refractivity contribution < 1.29 is 0 Å². The predicted molar refractivity (Wildman–Crippen MR) is 65.3 cm³/mol. The number of rotatable bonds is 3. The minimum atomic E-state index is 0.913. The zero-order valence-corrected chi connectivity index (χ0v) is 10.3. The fourth-order valence-corrected chi connectivity index (χ4v) is 2.75. The van der Waals surface area contributed by atoms with Crippen molar-refractivity contribution in [2.75, 3.05) is 25.5 Å². The van der Waals surface area contributed by atoms with Crippen LogP contribution < -0.4 is 5.32 Å². The molecule has 1 aliphatic heterocycles. The molecule has 1 fully saturated rings. The van der Waals surface area contributed by atoms with Gasteiger partial charge in [0.2, 0.25) is 0 Å². The molecule has 1 saturated heterocycles. The Kier molecular flexibility index (Phi) is 3.59. The number of nitrogens with zero attached hydrogens (tertiary/aromatic N) is 2. The van der Waals surface area contributed by atoms with E-state index in [4.69, 9.17) is 0 Å². The Hall–Kier alpha value is -0.610. The molecule has 3 nitrogen and oxygen atoms in total. The van der Waals surface area contributed by atoms with Crippen LogP contribution in [0.4, 0.5) is 5.13 Å². The van der Waals surface area contributed by atoms with Gasteiger partial charge < -0.3 is 5.32 Å². The number of nitrogens with one attached hydrogen (secondary N) is 1. The lowest BCUT2D eigenvalue weighted by Gasteiger charge is -2.29. The quantitative estimate of drug-likeness (QED) is 0.856. The monoisotopic (exact) mass is 225 g/mol. The maximum Gasteiger partial charge on any atom is 0.182 e. The lowest BCUT2D eigenvalue weighted by atomic mass is 9.99. The highest BCUT2D eigenvalue weighted by atomic mass is 32.1. The van der Waals surface area contributed by atoms with E-state index in [1.54, 1.807) is 11.3 Å². The Morgan fingerprint density at radius 3 is 2.87 bits per heavy atom. The molecule has 1 N–H and O–H groups in total. The van der Waals surface area contributed by atoms with E-state index >= 15 is 0 Å². The van der Waals surface area contributed by atoms with Gasteiger partial charge in [-0.3, -0.25) is 4.90 Å². The fraction of sp³-hybridized carbons (Fsp3) is 0.727. The molecule has 0 amide bonds. The highest BCUT2D eigenvalue weighted by Gasteiger charge is 2.16. The molecule has 15 heavy (non-hydrogen) atoms. The third-order valence-electron chi connectivity index (χ3n) is 3.02. The van der Waals surface area contributed by atoms with Crippen LogP contribution in [0.1, 0.15) is 24.6 Å². The number of piperidine rings is 1. The lowest BCUT2D eigenvalue weighted by molar-refractivity contribution is 0.186. The van der Waals surface area contributed by atoms with E-state index < -0.39 is 0 Å². The van der Waals surface area contributed by atoms with Gasteiger partial charge >= 0.3 is 0 Å². The van der Waals surface area contributed by atoms with Gasteiger partial charge in [0, 0.05) is 24.7 Å². The van der Waals surface area contributed by atoms with Crippen LogP contribution in [0.15, 0.2) is 6.20 Å². The molecule has 2 heterocycles. The summed E-state index contributed by atoms with van der Waals surface area (Å²) in [6, 6.07) is 0. The maximum atomic E-state index is 4.30. The van der Waals surface area contributed by atoms with Crippen molar-refractivity contribution in [3.63, 3.8) is 0 Å². The molecule has 0 aromatic carbocycles. The molecule has 1 aromatic heterocycles. The van der Waals surface area contributed by atoms with E-state index in [2.05, 4.69) is 22.1 Å². The number of aromatic nitrogens is 1. The standard InChI is InChI=1S/C11H19N3S/c1-9-3-5-14(6-4-9)8-10-7-13-11(12-2)15-10/h7,9H,3-6,8H2,1-2H3,(H,12,13). The molecule has 0 spiro atoms. The average molecular weight is 225 g/mol. The van der Waals surface area contributed by atoms with Crippen molar-refractivity contribution in [1.29, 1.82) is 0 Å². The van der Waals surface area contributed by atoms with Crippen LogP contribution in [-0.4, -0.2) is 30.0 Å². The molecule has 2 rings (SSSR count). The van der Waals surface area contributed by atoms with Gasteiger partial charge in [-0.2, -0.15) is 0 Å². The second-order valence-electron chi connectivity index (χ2n) is 4.34. The molecule has 0 atom stereocenters. The van der Waals surface area contributed by atoms with Crippen molar-refractivity contribution in [3.8, 4) is 0 Å². The second kappa shape index (κ2) is 4.94. The number of hydrogen-bond acceptors (Lipinski definition) is 4. The molecule has 0 unspecified atom stereocenters. The van der Waals surface area contributed by atoms with Crippen molar-refractivity contribution >= 4 is 16.5 Å². The molecule has 1 aliphatic rings. The summed E-state index contributed by atoms with van der Waals surface area (Å²) in [5.74, 6) is 0.913. The fourth-order valence-electron chi connectivity index (χ4n) is 1.94. The molecule has 1 aromatic rings. The third-order valence-corrected chi connectivity index (χ3v) is 4.02. The van der Waals surface area contributed by atoms with Crippen molar-refractivity contribution in [2.24, 2.45) is 5.92 Å². The molecule has 0 bridgehead atoms. The van der Waals surface area contributed by atoms with E-state index in [-0.39, 0.29) is 0 Å². The van der Waals surface area contributed by atoms with Crippen molar-refractivity contribution in [1.82, 2.24) is 9.88 Å². The zero-order chi connectivity index (χ0) is 10.7. The van der Waals surface area contributed by atoms with Gasteiger partial charge in [0.1, 0.15) is 0 Å². The minimum absolute atomic E-state index is 0.913. The molecule has 84 valence electrons.